The first-order valence-electron chi connectivity index (χ1n) is 8.89. The van der Waals surface area contributed by atoms with Crippen LogP contribution in [0.2, 0.25) is 0 Å². The molecule has 0 fully saturated rings. The van der Waals surface area contributed by atoms with Crippen LogP contribution in [0.5, 0.6) is 0 Å². The van der Waals surface area contributed by atoms with Gasteiger partial charge in [0.25, 0.3) is 5.69 Å². The minimum absolute atomic E-state index is 0. The van der Waals surface area contributed by atoms with Crippen LogP contribution in [0.4, 0.5) is 11.4 Å². The molecule has 158 valence electrons. The molecule has 0 spiro atoms. The van der Waals surface area contributed by atoms with E-state index in [0.717, 1.165) is 34.7 Å². The highest BCUT2D eigenvalue weighted by molar-refractivity contribution is 6.12. The van der Waals surface area contributed by atoms with E-state index in [1.807, 2.05) is 51.0 Å². The Morgan fingerprint density at radius 3 is 2.31 bits per heavy atom. The Balaban J connectivity index is 0.00000210. The van der Waals surface area contributed by atoms with E-state index in [2.05, 4.69) is 0 Å². The highest BCUT2D eigenvalue weighted by Gasteiger charge is 2.24. The standard InChI is InChI=1S/C20H24N4O3.2ClH/c1-13-7-5-8-15-18(13)21-19-14(2)9-10-16(24(26)27)17(19)20(15)23(25)12-6-11-22(3)4;;/h5,7-10,25H,6,11-12H2,1-4H3;2*1H. The molecule has 0 saturated carbocycles. The summed E-state index contributed by atoms with van der Waals surface area (Å²) >= 11 is 0. The number of fused-ring (bicyclic) bond motifs is 2. The summed E-state index contributed by atoms with van der Waals surface area (Å²) in [5.74, 6) is 0. The molecule has 0 saturated heterocycles. The van der Waals surface area contributed by atoms with Crippen LogP contribution < -0.4 is 5.06 Å². The van der Waals surface area contributed by atoms with Gasteiger partial charge in [-0.05, 0) is 52.0 Å². The van der Waals surface area contributed by atoms with Gasteiger partial charge in [0.05, 0.1) is 21.6 Å². The number of benzene rings is 2. The second-order valence-corrected chi connectivity index (χ2v) is 7.09. The third-order valence-corrected chi connectivity index (χ3v) is 4.74. The van der Waals surface area contributed by atoms with Crippen molar-refractivity contribution in [3.8, 4) is 0 Å². The summed E-state index contributed by atoms with van der Waals surface area (Å²) in [6, 6.07) is 8.87. The molecule has 7 nitrogen and oxygen atoms in total. The lowest BCUT2D eigenvalue weighted by molar-refractivity contribution is -0.383. The van der Waals surface area contributed by atoms with E-state index < -0.39 is 4.92 Å². The van der Waals surface area contributed by atoms with Gasteiger partial charge < -0.3 is 4.90 Å². The van der Waals surface area contributed by atoms with Crippen LogP contribution in [-0.4, -0.2) is 47.2 Å². The lowest BCUT2D eigenvalue weighted by atomic mass is 10.0. The van der Waals surface area contributed by atoms with Crippen molar-refractivity contribution in [1.82, 2.24) is 9.88 Å². The molecule has 0 bridgehead atoms. The van der Waals surface area contributed by atoms with Gasteiger partial charge in [-0.25, -0.2) is 4.98 Å². The Morgan fingerprint density at radius 1 is 1.03 bits per heavy atom. The van der Waals surface area contributed by atoms with Crippen molar-refractivity contribution in [1.29, 1.82) is 0 Å². The minimum Gasteiger partial charge on any atom is -0.309 e. The number of rotatable bonds is 6. The predicted octanol–water partition coefficient (Wildman–Crippen LogP) is 4.90. The van der Waals surface area contributed by atoms with E-state index in [4.69, 9.17) is 4.98 Å². The Kier molecular flexibility index (Phi) is 8.59. The van der Waals surface area contributed by atoms with E-state index in [9.17, 15) is 15.3 Å². The molecule has 0 aliphatic carbocycles. The maximum atomic E-state index is 11.7. The summed E-state index contributed by atoms with van der Waals surface area (Å²) in [5, 5.41) is 24.8. The SMILES string of the molecule is Cc1cccc2c(N(O)CCCN(C)C)c3c([N+](=O)[O-])ccc(C)c3nc12.Cl.Cl. The van der Waals surface area contributed by atoms with Crippen molar-refractivity contribution >= 4 is 58.0 Å². The molecule has 0 amide bonds. The fourth-order valence-corrected chi connectivity index (χ4v) is 3.38. The molecule has 29 heavy (non-hydrogen) atoms. The predicted molar refractivity (Wildman–Crippen MR) is 122 cm³/mol. The molecule has 0 radical (unpaired) electrons. The van der Waals surface area contributed by atoms with Gasteiger partial charge >= 0.3 is 0 Å². The molecule has 2 aromatic carbocycles. The molecule has 9 heteroatoms. The summed E-state index contributed by atoms with van der Waals surface area (Å²) in [7, 11) is 3.94. The average Bonchev–Trinajstić information content (AvgIpc) is 2.60. The summed E-state index contributed by atoms with van der Waals surface area (Å²) in [5.41, 5.74) is 3.50. The zero-order valence-corrected chi connectivity index (χ0v) is 18.5. The number of anilines is 1. The van der Waals surface area contributed by atoms with Gasteiger partial charge in [0, 0.05) is 18.0 Å². The van der Waals surface area contributed by atoms with E-state index in [-0.39, 0.29) is 30.5 Å². The maximum absolute atomic E-state index is 11.7. The summed E-state index contributed by atoms with van der Waals surface area (Å²) < 4.78 is 0. The molecule has 0 unspecified atom stereocenters. The van der Waals surface area contributed by atoms with Crippen LogP contribution in [-0.2, 0) is 0 Å². The van der Waals surface area contributed by atoms with Gasteiger partial charge in [0.1, 0.15) is 5.39 Å². The van der Waals surface area contributed by atoms with Crippen LogP contribution in [0.3, 0.4) is 0 Å². The van der Waals surface area contributed by atoms with Crippen molar-refractivity contribution in [3.63, 3.8) is 0 Å². The number of hydrogen-bond donors (Lipinski definition) is 1. The number of non-ortho nitro benzene ring substituents is 1. The van der Waals surface area contributed by atoms with Crippen molar-refractivity contribution in [3.05, 3.63) is 51.6 Å². The number of pyridine rings is 1. The largest absolute Gasteiger partial charge is 0.309 e. The monoisotopic (exact) mass is 440 g/mol. The molecule has 3 aromatic rings. The number of nitro benzene ring substituents is 1. The van der Waals surface area contributed by atoms with Crippen LogP contribution in [0.25, 0.3) is 21.8 Å². The molecule has 1 N–H and O–H groups in total. The quantitative estimate of drug-likeness (QED) is 0.333. The highest BCUT2D eigenvalue weighted by atomic mass is 35.5. The number of halogens is 2. The zero-order valence-electron chi connectivity index (χ0n) is 16.9. The fourth-order valence-electron chi connectivity index (χ4n) is 3.38. The number of para-hydroxylation sites is 1. The third-order valence-electron chi connectivity index (χ3n) is 4.74. The second-order valence-electron chi connectivity index (χ2n) is 7.09. The van der Waals surface area contributed by atoms with Crippen molar-refractivity contribution < 1.29 is 10.1 Å². The molecular formula is C20H26Cl2N4O3. The topological polar surface area (TPSA) is 82.7 Å². The molecule has 0 aliphatic heterocycles. The molecule has 1 heterocycles. The first-order valence-corrected chi connectivity index (χ1v) is 8.89. The van der Waals surface area contributed by atoms with Gasteiger partial charge in [0.15, 0.2) is 0 Å². The fraction of sp³-hybridized carbons (Fsp3) is 0.350. The highest BCUT2D eigenvalue weighted by Crippen LogP contribution is 2.40. The van der Waals surface area contributed by atoms with Gasteiger partial charge in [-0.1, -0.05) is 24.3 Å². The Hall–Kier alpha value is -2.19. The van der Waals surface area contributed by atoms with E-state index >= 15 is 0 Å². The second kappa shape index (κ2) is 10.0. The number of hydroxylamine groups is 1. The number of nitrogens with zero attached hydrogens (tertiary/aromatic N) is 4. The summed E-state index contributed by atoms with van der Waals surface area (Å²) in [6.07, 6.45) is 0.722. The summed E-state index contributed by atoms with van der Waals surface area (Å²) in [6.45, 7) is 5.00. The Morgan fingerprint density at radius 2 is 1.69 bits per heavy atom. The van der Waals surface area contributed by atoms with Crippen LogP contribution in [0.1, 0.15) is 17.5 Å². The maximum Gasteiger partial charge on any atom is 0.281 e. The van der Waals surface area contributed by atoms with E-state index in [0.29, 0.717) is 28.5 Å². The smallest absolute Gasteiger partial charge is 0.281 e. The first kappa shape index (κ1) is 24.8. The Labute approximate surface area is 182 Å². The van der Waals surface area contributed by atoms with Gasteiger partial charge in [-0.3, -0.25) is 20.4 Å². The average molecular weight is 441 g/mol. The lowest BCUT2D eigenvalue weighted by Gasteiger charge is -2.22. The van der Waals surface area contributed by atoms with E-state index in [1.165, 1.54) is 6.07 Å². The van der Waals surface area contributed by atoms with Crippen LogP contribution >= 0.6 is 24.8 Å². The number of nitro groups is 1. The van der Waals surface area contributed by atoms with Crippen LogP contribution in [0.15, 0.2) is 30.3 Å². The minimum atomic E-state index is -0.414. The first-order chi connectivity index (χ1) is 12.8. The molecule has 0 aliphatic rings. The van der Waals surface area contributed by atoms with Crippen molar-refractivity contribution in [2.75, 3.05) is 32.2 Å². The number of aryl methyl sites for hydroxylation is 2. The number of hydrogen-bond acceptors (Lipinski definition) is 6. The molecule has 0 atom stereocenters. The summed E-state index contributed by atoms with van der Waals surface area (Å²) in [4.78, 5) is 18.0. The molecular weight excluding hydrogens is 415 g/mol. The molecule has 1 aromatic heterocycles. The zero-order chi connectivity index (χ0) is 19.7. The van der Waals surface area contributed by atoms with Gasteiger partial charge in [-0.15, -0.1) is 24.8 Å². The van der Waals surface area contributed by atoms with Crippen LogP contribution in [0, 0.1) is 24.0 Å². The van der Waals surface area contributed by atoms with Crippen molar-refractivity contribution in [2.24, 2.45) is 0 Å². The van der Waals surface area contributed by atoms with Crippen molar-refractivity contribution in [2.45, 2.75) is 20.3 Å². The van der Waals surface area contributed by atoms with Gasteiger partial charge in [0.2, 0.25) is 0 Å². The van der Waals surface area contributed by atoms with Gasteiger partial charge in [-0.2, -0.15) is 0 Å². The Bertz CT molecular complexity index is 1030. The number of aromatic nitrogens is 1. The van der Waals surface area contributed by atoms with E-state index in [1.54, 1.807) is 6.07 Å². The lowest BCUT2D eigenvalue weighted by Crippen LogP contribution is -2.24. The third kappa shape index (κ3) is 4.87. The molecule has 3 rings (SSSR count). The normalized spacial score (nSPS) is 10.7.